The Morgan fingerprint density at radius 2 is 1.86 bits per heavy atom. The lowest BCUT2D eigenvalue weighted by Crippen LogP contribution is -2.19. The Kier molecular flexibility index (Phi) is 3.28. The van der Waals surface area contributed by atoms with E-state index in [1.54, 1.807) is 0 Å². The van der Waals surface area contributed by atoms with Gasteiger partial charge in [-0.15, -0.1) is 0 Å². The summed E-state index contributed by atoms with van der Waals surface area (Å²) in [4.78, 5) is 21.6. The third kappa shape index (κ3) is 2.13. The van der Waals surface area contributed by atoms with E-state index in [2.05, 4.69) is 0 Å². The summed E-state index contributed by atoms with van der Waals surface area (Å²) in [5, 5.41) is 17.6. The molecule has 14 heavy (non-hydrogen) atoms. The van der Waals surface area contributed by atoms with Gasteiger partial charge >= 0.3 is 11.9 Å². The van der Waals surface area contributed by atoms with Gasteiger partial charge < -0.3 is 10.2 Å². The van der Waals surface area contributed by atoms with E-state index in [4.69, 9.17) is 10.2 Å². The Balaban J connectivity index is 2.95. The molecule has 78 valence electrons. The van der Waals surface area contributed by atoms with Crippen molar-refractivity contribution in [3.05, 3.63) is 11.1 Å². The van der Waals surface area contributed by atoms with Gasteiger partial charge in [0.1, 0.15) is 0 Å². The summed E-state index contributed by atoms with van der Waals surface area (Å²) in [6.07, 6.45) is 2.47. The molecule has 4 heteroatoms. The number of hydrogen-bond donors (Lipinski definition) is 2. The van der Waals surface area contributed by atoms with Crippen molar-refractivity contribution in [1.82, 2.24) is 0 Å². The van der Waals surface area contributed by atoms with Crippen molar-refractivity contribution in [2.75, 3.05) is 0 Å². The summed E-state index contributed by atoms with van der Waals surface area (Å²) in [6.45, 7) is 2.00. The second kappa shape index (κ2) is 4.26. The predicted molar refractivity (Wildman–Crippen MR) is 49.9 cm³/mol. The van der Waals surface area contributed by atoms with Gasteiger partial charge in [-0.3, -0.25) is 0 Å². The monoisotopic (exact) mass is 198 g/mol. The molecule has 0 aromatic heterocycles. The Morgan fingerprint density at radius 3 is 2.29 bits per heavy atom. The first-order valence-corrected chi connectivity index (χ1v) is 4.74. The molecular weight excluding hydrogens is 184 g/mol. The highest BCUT2D eigenvalue weighted by Gasteiger charge is 2.27. The molecule has 1 aliphatic rings. The van der Waals surface area contributed by atoms with Crippen molar-refractivity contribution < 1.29 is 19.8 Å². The van der Waals surface area contributed by atoms with Crippen LogP contribution in [0.2, 0.25) is 0 Å². The lowest BCUT2D eigenvalue weighted by atomic mass is 9.82. The highest BCUT2D eigenvalue weighted by molar-refractivity contribution is 5.99. The second-order valence-corrected chi connectivity index (χ2v) is 3.58. The van der Waals surface area contributed by atoms with Gasteiger partial charge in [0.2, 0.25) is 0 Å². The lowest BCUT2D eigenvalue weighted by molar-refractivity contribution is -0.136. The van der Waals surface area contributed by atoms with E-state index in [1.165, 1.54) is 0 Å². The van der Waals surface area contributed by atoms with Gasteiger partial charge in [-0.25, -0.2) is 9.59 Å². The Morgan fingerprint density at radius 1 is 1.29 bits per heavy atom. The highest BCUT2D eigenvalue weighted by Crippen LogP contribution is 2.31. The van der Waals surface area contributed by atoms with Crippen molar-refractivity contribution in [2.45, 2.75) is 32.6 Å². The standard InChI is InChI=1S/C10H14O4/c1-2-6-3-4-7(9(11)12)8(5-6)10(13)14/h6H,2-5H2,1H3,(H,11,12)(H,13,14). The van der Waals surface area contributed by atoms with Gasteiger partial charge in [0.05, 0.1) is 0 Å². The lowest BCUT2D eigenvalue weighted by Gasteiger charge is -2.22. The van der Waals surface area contributed by atoms with E-state index in [0.29, 0.717) is 18.8 Å². The maximum absolute atomic E-state index is 10.8. The maximum Gasteiger partial charge on any atom is 0.332 e. The van der Waals surface area contributed by atoms with Gasteiger partial charge in [-0.2, -0.15) is 0 Å². The van der Waals surface area contributed by atoms with Crippen molar-refractivity contribution in [3.8, 4) is 0 Å². The van der Waals surface area contributed by atoms with E-state index in [9.17, 15) is 9.59 Å². The van der Waals surface area contributed by atoms with Crippen molar-refractivity contribution in [1.29, 1.82) is 0 Å². The summed E-state index contributed by atoms with van der Waals surface area (Å²) in [6, 6.07) is 0. The van der Waals surface area contributed by atoms with E-state index in [0.717, 1.165) is 12.8 Å². The SMILES string of the molecule is CCC1CCC(C(=O)O)=C(C(=O)O)C1. The molecule has 0 bridgehead atoms. The molecule has 1 unspecified atom stereocenters. The summed E-state index contributed by atoms with van der Waals surface area (Å²) < 4.78 is 0. The Bertz CT molecular complexity index is 290. The third-order valence-corrected chi connectivity index (χ3v) is 2.75. The topological polar surface area (TPSA) is 74.6 Å². The molecular formula is C10H14O4. The number of hydrogen-bond acceptors (Lipinski definition) is 2. The molecule has 0 spiro atoms. The fourth-order valence-electron chi connectivity index (χ4n) is 1.81. The van der Waals surface area contributed by atoms with Crippen LogP contribution in [0.1, 0.15) is 32.6 Å². The number of carbonyl (C=O) groups is 2. The molecule has 0 radical (unpaired) electrons. The van der Waals surface area contributed by atoms with Gasteiger partial charge in [-0.05, 0) is 25.2 Å². The van der Waals surface area contributed by atoms with Gasteiger partial charge in [-0.1, -0.05) is 13.3 Å². The van der Waals surface area contributed by atoms with Crippen LogP contribution in [-0.2, 0) is 9.59 Å². The van der Waals surface area contributed by atoms with E-state index < -0.39 is 11.9 Å². The first kappa shape index (κ1) is 10.8. The third-order valence-electron chi connectivity index (χ3n) is 2.75. The molecule has 0 amide bonds. The van der Waals surface area contributed by atoms with Crippen LogP contribution in [0.5, 0.6) is 0 Å². The molecule has 0 aromatic rings. The predicted octanol–water partition coefficient (Wildman–Crippen LogP) is 1.66. The van der Waals surface area contributed by atoms with Crippen LogP contribution in [-0.4, -0.2) is 22.2 Å². The molecule has 1 rings (SSSR count). The zero-order valence-electron chi connectivity index (χ0n) is 8.12. The van der Waals surface area contributed by atoms with Crippen LogP contribution in [0.25, 0.3) is 0 Å². The van der Waals surface area contributed by atoms with Crippen LogP contribution in [0.15, 0.2) is 11.1 Å². The average molecular weight is 198 g/mol. The molecule has 0 fully saturated rings. The maximum atomic E-state index is 10.8. The Hall–Kier alpha value is -1.32. The summed E-state index contributed by atoms with van der Waals surface area (Å²) in [5.74, 6) is -1.85. The number of aliphatic carboxylic acids is 2. The fraction of sp³-hybridized carbons (Fsp3) is 0.600. The Labute approximate surface area is 82.2 Å². The van der Waals surface area contributed by atoms with Crippen molar-refractivity contribution in [3.63, 3.8) is 0 Å². The summed E-state index contributed by atoms with van der Waals surface area (Å²) in [7, 11) is 0. The first-order valence-electron chi connectivity index (χ1n) is 4.74. The quantitative estimate of drug-likeness (QED) is 0.723. The number of carboxylic acids is 2. The van der Waals surface area contributed by atoms with Crippen LogP contribution in [0.3, 0.4) is 0 Å². The molecule has 0 heterocycles. The van der Waals surface area contributed by atoms with Gasteiger partial charge in [0.25, 0.3) is 0 Å². The molecule has 1 atom stereocenters. The molecule has 4 nitrogen and oxygen atoms in total. The first-order chi connectivity index (χ1) is 6.56. The smallest absolute Gasteiger partial charge is 0.332 e. The fourth-order valence-corrected chi connectivity index (χ4v) is 1.81. The van der Waals surface area contributed by atoms with Crippen LogP contribution >= 0.6 is 0 Å². The second-order valence-electron chi connectivity index (χ2n) is 3.58. The molecule has 0 aliphatic heterocycles. The van der Waals surface area contributed by atoms with Crippen molar-refractivity contribution in [2.24, 2.45) is 5.92 Å². The van der Waals surface area contributed by atoms with Gasteiger partial charge in [0.15, 0.2) is 0 Å². The van der Waals surface area contributed by atoms with E-state index in [-0.39, 0.29) is 11.1 Å². The van der Waals surface area contributed by atoms with Crippen LogP contribution < -0.4 is 0 Å². The zero-order valence-corrected chi connectivity index (χ0v) is 8.12. The molecule has 0 saturated carbocycles. The van der Waals surface area contributed by atoms with Crippen LogP contribution in [0.4, 0.5) is 0 Å². The summed E-state index contributed by atoms with van der Waals surface area (Å²) >= 11 is 0. The van der Waals surface area contributed by atoms with Gasteiger partial charge in [0, 0.05) is 11.1 Å². The molecule has 1 aliphatic carbocycles. The average Bonchev–Trinajstić information content (AvgIpc) is 2.16. The number of carboxylic acid groups (broad SMARTS) is 2. The summed E-state index contributed by atoms with van der Waals surface area (Å²) in [5.41, 5.74) is 0.179. The minimum atomic E-state index is -1.09. The van der Waals surface area contributed by atoms with Crippen molar-refractivity contribution >= 4 is 11.9 Å². The zero-order chi connectivity index (χ0) is 10.7. The normalized spacial score (nSPS) is 22.2. The molecule has 2 N–H and O–H groups in total. The minimum absolute atomic E-state index is 0.0854. The molecule has 0 saturated heterocycles. The molecule has 0 aromatic carbocycles. The van der Waals surface area contributed by atoms with E-state index in [1.807, 2.05) is 6.92 Å². The number of rotatable bonds is 3. The minimum Gasteiger partial charge on any atom is -0.478 e. The van der Waals surface area contributed by atoms with Crippen LogP contribution in [0, 0.1) is 5.92 Å². The van der Waals surface area contributed by atoms with E-state index >= 15 is 0 Å². The highest BCUT2D eigenvalue weighted by atomic mass is 16.4. The largest absolute Gasteiger partial charge is 0.478 e.